The van der Waals surface area contributed by atoms with Gasteiger partial charge in [0.05, 0.1) is 0 Å². The van der Waals surface area contributed by atoms with Gasteiger partial charge in [-0.15, -0.1) is 24.0 Å². The predicted octanol–water partition coefficient (Wildman–Crippen LogP) is 3.08. The van der Waals surface area contributed by atoms with Crippen LogP contribution in [0.4, 0.5) is 0 Å². The van der Waals surface area contributed by atoms with Crippen LogP contribution in [0, 0.1) is 12.8 Å². The van der Waals surface area contributed by atoms with Crippen LogP contribution in [0.25, 0.3) is 0 Å². The number of likely N-dealkylation sites (tertiary alicyclic amines) is 2. The molecule has 0 aromatic heterocycles. The van der Waals surface area contributed by atoms with E-state index in [2.05, 4.69) is 63.7 Å². The summed E-state index contributed by atoms with van der Waals surface area (Å²) in [7, 11) is 4.11. The molecule has 2 aliphatic rings. The normalized spacial score (nSPS) is 22.5. The average molecular weight is 499 g/mol. The maximum atomic E-state index is 4.45. The SMILES string of the molecule is CN=C(NCC1CCCN(C)C1)NC1CCN(Cc2ccccc2C)CC1.I. The average Bonchev–Trinajstić information content (AvgIpc) is 2.68. The van der Waals surface area contributed by atoms with Crippen molar-refractivity contribution in [3.05, 3.63) is 35.4 Å². The van der Waals surface area contributed by atoms with Gasteiger partial charge < -0.3 is 15.5 Å². The summed E-state index contributed by atoms with van der Waals surface area (Å²) in [6, 6.07) is 9.27. The zero-order chi connectivity index (χ0) is 19.1. The van der Waals surface area contributed by atoms with Crippen LogP contribution in [0.2, 0.25) is 0 Å². The van der Waals surface area contributed by atoms with Crippen molar-refractivity contribution in [1.29, 1.82) is 0 Å². The monoisotopic (exact) mass is 499 g/mol. The molecule has 0 saturated carbocycles. The van der Waals surface area contributed by atoms with E-state index in [0.29, 0.717) is 6.04 Å². The Bertz CT molecular complexity index is 613. The van der Waals surface area contributed by atoms with Crippen LogP contribution < -0.4 is 10.6 Å². The molecule has 3 rings (SSSR count). The van der Waals surface area contributed by atoms with Gasteiger partial charge >= 0.3 is 0 Å². The number of halogens is 1. The Morgan fingerprint density at radius 2 is 1.89 bits per heavy atom. The topological polar surface area (TPSA) is 42.9 Å². The van der Waals surface area contributed by atoms with Crippen molar-refractivity contribution in [3.63, 3.8) is 0 Å². The molecule has 0 spiro atoms. The van der Waals surface area contributed by atoms with E-state index in [4.69, 9.17) is 0 Å². The van der Waals surface area contributed by atoms with Crippen LogP contribution in [0.3, 0.4) is 0 Å². The Morgan fingerprint density at radius 1 is 1.14 bits per heavy atom. The molecule has 2 saturated heterocycles. The molecule has 1 atom stereocenters. The number of piperidine rings is 2. The fraction of sp³-hybridized carbons (Fsp3) is 0.682. The summed E-state index contributed by atoms with van der Waals surface area (Å²) >= 11 is 0. The first-order chi connectivity index (χ1) is 13.1. The predicted molar refractivity (Wildman–Crippen MR) is 130 cm³/mol. The molecule has 1 aromatic rings. The van der Waals surface area contributed by atoms with Crippen molar-refractivity contribution >= 4 is 29.9 Å². The van der Waals surface area contributed by atoms with E-state index < -0.39 is 0 Å². The van der Waals surface area contributed by atoms with Crippen molar-refractivity contribution < 1.29 is 0 Å². The molecule has 2 N–H and O–H groups in total. The molecule has 1 unspecified atom stereocenters. The lowest BCUT2D eigenvalue weighted by Crippen LogP contribution is -2.50. The van der Waals surface area contributed by atoms with Crippen LogP contribution in [0.1, 0.15) is 36.8 Å². The quantitative estimate of drug-likeness (QED) is 0.372. The van der Waals surface area contributed by atoms with Gasteiger partial charge in [-0.25, -0.2) is 0 Å². The molecular weight excluding hydrogens is 461 g/mol. The third kappa shape index (κ3) is 7.19. The highest BCUT2D eigenvalue weighted by Gasteiger charge is 2.21. The van der Waals surface area contributed by atoms with Gasteiger partial charge in [0.25, 0.3) is 0 Å². The summed E-state index contributed by atoms with van der Waals surface area (Å²) in [6.45, 7) is 9.04. The largest absolute Gasteiger partial charge is 0.356 e. The molecule has 0 aliphatic carbocycles. The van der Waals surface area contributed by atoms with Gasteiger partial charge in [-0.1, -0.05) is 24.3 Å². The van der Waals surface area contributed by atoms with Crippen LogP contribution >= 0.6 is 24.0 Å². The molecule has 2 fully saturated rings. The second kappa shape index (κ2) is 12.0. The van der Waals surface area contributed by atoms with Crippen molar-refractivity contribution in [1.82, 2.24) is 20.4 Å². The van der Waals surface area contributed by atoms with E-state index in [1.807, 2.05) is 7.05 Å². The van der Waals surface area contributed by atoms with E-state index in [1.54, 1.807) is 0 Å². The Morgan fingerprint density at radius 3 is 2.57 bits per heavy atom. The zero-order valence-electron chi connectivity index (χ0n) is 17.8. The Kier molecular flexibility index (Phi) is 10.0. The first-order valence-electron chi connectivity index (χ1n) is 10.6. The number of rotatable bonds is 5. The highest BCUT2D eigenvalue weighted by atomic mass is 127. The van der Waals surface area contributed by atoms with Gasteiger partial charge in [0.2, 0.25) is 0 Å². The van der Waals surface area contributed by atoms with Gasteiger partial charge in [0.15, 0.2) is 5.96 Å². The van der Waals surface area contributed by atoms with Crippen LogP contribution in [0.5, 0.6) is 0 Å². The summed E-state index contributed by atoms with van der Waals surface area (Å²) in [4.78, 5) is 9.47. The summed E-state index contributed by atoms with van der Waals surface area (Å²) < 4.78 is 0. The second-order valence-electron chi connectivity index (χ2n) is 8.34. The van der Waals surface area contributed by atoms with Crippen LogP contribution in [-0.2, 0) is 6.54 Å². The maximum Gasteiger partial charge on any atom is 0.191 e. The molecule has 0 bridgehead atoms. The van der Waals surface area contributed by atoms with E-state index in [-0.39, 0.29) is 24.0 Å². The van der Waals surface area contributed by atoms with Crippen molar-refractivity contribution in [3.8, 4) is 0 Å². The molecule has 0 radical (unpaired) electrons. The minimum absolute atomic E-state index is 0. The molecule has 0 amide bonds. The summed E-state index contributed by atoms with van der Waals surface area (Å²) in [5, 5.41) is 7.21. The fourth-order valence-electron chi connectivity index (χ4n) is 4.33. The Balaban J connectivity index is 0.00000280. The van der Waals surface area contributed by atoms with Crippen molar-refractivity contribution in [2.45, 2.75) is 45.2 Å². The first kappa shape index (κ1) is 23.4. The summed E-state index contributed by atoms with van der Waals surface area (Å²) in [5.41, 5.74) is 2.86. The van der Waals surface area contributed by atoms with Crippen LogP contribution in [0.15, 0.2) is 29.3 Å². The lowest BCUT2D eigenvalue weighted by atomic mass is 9.98. The smallest absolute Gasteiger partial charge is 0.191 e. The minimum Gasteiger partial charge on any atom is -0.356 e. The molecule has 2 heterocycles. The first-order valence-corrected chi connectivity index (χ1v) is 10.6. The molecule has 6 heteroatoms. The third-order valence-corrected chi connectivity index (χ3v) is 6.09. The lowest BCUT2D eigenvalue weighted by molar-refractivity contribution is 0.197. The third-order valence-electron chi connectivity index (χ3n) is 6.09. The number of aliphatic imine (C=N–C) groups is 1. The van der Waals surface area contributed by atoms with Gasteiger partial charge in [-0.05, 0) is 63.2 Å². The number of benzene rings is 1. The number of hydrogen-bond acceptors (Lipinski definition) is 3. The molecule has 28 heavy (non-hydrogen) atoms. The molecule has 2 aliphatic heterocycles. The molecule has 1 aromatic carbocycles. The summed E-state index contributed by atoms with van der Waals surface area (Å²) in [5.74, 6) is 1.71. The van der Waals surface area contributed by atoms with E-state index >= 15 is 0 Å². The van der Waals surface area contributed by atoms with E-state index in [0.717, 1.165) is 38.1 Å². The van der Waals surface area contributed by atoms with Gasteiger partial charge in [0.1, 0.15) is 0 Å². The Hall–Kier alpha value is -0.860. The highest BCUT2D eigenvalue weighted by Crippen LogP contribution is 2.16. The van der Waals surface area contributed by atoms with Gasteiger partial charge in [0, 0.05) is 45.8 Å². The van der Waals surface area contributed by atoms with Crippen LogP contribution in [-0.4, -0.2) is 68.6 Å². The maximum absolute atomic E-state index is 4.45. The molecular formula is C22H38IN5. The lowest BCUT2D eigenvalue weighted by Gasteiger charge is -2.34. The number of nitrogens with zero attached hydrogens (tertiary/aromatic N) is 3. The summed E-state index contributed by atoms with van der Waals surface area (Å²) in [6.07, 6.45) is 5.00. The zero-order valence-corrected chi connectivity index (χ0v) is 20.1. The van der Waals surface area contributed by atoms with Gasteiger partial charge in [-0.2, -0.15) is 0 Å². The standard InChI is InChI=1S/C22H37N5.HI/c1-18-7-4-5-9-20(18)17-27-13-10-21(11-14-27)25-22(23-2)24-15-19-8-6-12-26(3)16-19;/h4-5,7,9,19,21H,6,8,10-17H2,1-3H3,(H2,23,24,25);1H. The van der Waals surface area contributed by atoms with E-state index in [9.17, 15) is 0 Å². The van der Waals surface area contributed by atoms with E-state index in [1.165, 1.54) is 49.9 Å². The highest BCUT2D eigenvalue weighted by molar-refractivity contribution is 14.0. The minimum atomic E-state index is 0. The number of hydrogen-bond donors (Lipinski definition) is 2. The van der Waals surface area contributed by atoms with Gasteiger partial charge in [-0.3, -0.25) is 9.89 Å². The number of nitrogens with one attached hydrogen (secondary N) is 2. The molecule has 5 nitrogen and oxygen atoms in total. The Labute approximate surface area is 188 Å². The molecule has 158 valence electrons. The second-order valence-corrected chi connectivity index (χ2v) is 8.34. The number of aryl methyl sites for hydroxylation is 1. The number of guanidine groups is 1. The fourth-order valence-corrected chi connectivity index (χ4v) is 4.33. The van der Waals surface area contributed by atoms with Crippen molar-refractivity contribution in [2.24, 2.45) is 10.9 Å². The van der Waals surface area contributed by atoms with Crippen molar-refractivity contribution in [2.75, 3.05) is 46.8 Å².